The highest BCUT2D eigenvalue weighted by molar-refractivity contribution is 14.0. The first-order chi connectivity index (χ1) is 11.1. The molecule has 2 rings (SSSR count). The Hall–Kier alpha value is -1.18. The van der Waals surface area contributed by atoms with Crippen LogP contribution >= 0.6 is 24.0 Å². The zero-order valence-corrected chi connectivity index (χ0v) is 17.3. The van der Waals surface area contributed by atoms with Gasteiger partial charge in [0, 0.05) is 19.6 Å². The molecule has 0 atom stereocenters. The number of ether oxygens (including phenoxy) is 2. The molecule has 0 bridgehead atoms. The summed E-state index contributed by atoms with van der Waals surface area (Å²) in [6, 6.07) is 6.04. The Balaban J connectivity index is 0.00000288. The highest BCUT2D eigenvalue weighted by Gasteiger charge is 2.16. The van der Waals surface area contributed by atoms with Gasteiger partial charge in [-0.3, -0.25) is 4.99 Å². The summed E-state index contributed by atoms with van der Waals surface area (Å²) in [6.45, 7) is 5.12. The van der Waals surface area contributed by atoms with Crippen molar-refractivity contribution in [2.24, 2.45) is 16.6 Å². The third kappa shape index (κ3) is 6.03. The number of piperidine rings is 1. The number of benzene rings is 1. The molecule has 1 aromatic carbocycles. The van der Waals surface area contributed by atoms with E-state index in [2.05, 4.69) is 22.9 Å². The Labute approximate surface area is 162 Å². The Morgan fingerprint density at radius 2 is 1.88 bits per heavy atom. The van der Waals surface area contributed by atoms with E-state index in [0.29, 0.717) is 5.96 Å². The van der Waals surface area contributed by atoms with E-state index in [0.717, 1.165) is 49.9 Å². The topological polar surface area (TPSA) is 60.1 Å². The van der Waals surface area contributed by atoms with Gasteiger partial charge in [0.1, 0.15) is 0 Å². The largest absolute Gasteiger partial charge is 0.493 e. The third-order valence-electron chi connectivity index (χ3n) is 4.45. The van der Waals surface area contributed by atoms with Crippen LogP contribution in [0, 0.1) is 5.92 Å². The van der Waals surface area contributed by atoms with E-state index in [1.807, 2.05) is 12.1 Å². The number of hydrogen-bond acceptors (Lipinski definition) is 3. The van der Waals surface area contributed by atoms with Crippen molar-refractivity contribution >= 4 is 29.9 Å². The Kier molecular flexibility index (Phi) is 9.25. The quantitative estimate of drug-likeness (QED) is 0.315. The number of aliphatic imine (C=N–C) groups is 1. The molecule has 2 N–H and O–H groups in total. The second-order valence-electron chi connectivity index (χ2n) is 6.20. The first-order valence-corrected chi connectivity index (χ1v) is 8.39. The van der Waals surface area contributed by atoms with Crippen molar-refractivity contribution in [3.05, 3.63) is 23.8 Å². The summed E-state index contributed by atoms with van der Waals surface area (Å²) in [5.74, 6) is 3.04. The van der Waals surface area contributed by atoms with Crippen LogP contribution in [0.2, 0.25) is 0 Å². The first-order valence-electron chi connectivity index (χ1n) is 8.39. The summed E-state index contributed by atoms with van der Waals surface area (Å²) in [5.41, 5.74) is 7.32. The van der Waals surface area contributed by atoms with Gasteiger partial charge >= 0.3 is 0 Å². The van der Waals surface area contributed by atoms with Crippen LogP contribution in [0.25, 0.3) is 0 Å². The molecule has 1 heterocycles. The molecule has 5 nitrogen and oxygen atoms in total. The fraction of sp³-hybridized carbons (Fsp3) is 0.611. The van der Waals surface area contributed by atoms with E-state index >= 15 is 0 Å². The standard InChI is InChI=1S/C18H29N3O2.HI/c1-14-8-11-21(12-9-14)18(19)20-10-4-5-15-6-7-16(22-2)17(13-15)23-3;/h6-7,13-14H,4-5,8-12H2,1-3H3,(H2,19,20);1H. The molecule has 1 aromatic rings. The molecule has 24 heavy (non-hydrogen) atoms. The lowest BCUT2D eigenvalue weighted by molar-refractivity contribution is 0.277. The van der Waals surface area contributed by atoms with Gasteiger partial charge in [-0.2, -0.15) is 0 Å². The lowest BCUT2D eigenvalue weighted by atomic mass is 10.00. The predicted molar refractivity (Wildman–Crippen MR) is 110 cm³/mol. The third-order valence-corrected chi connectivity index (χ3v) is 4.45. The molecule has 1 fully saturated rings. The summed E-state index contributed by atoms with van der Waals surface area (Å²) in [7, 11) is 3.31. The van der Waals surface area contributed by atoms with Crippen molar-refractivity contribution in [2.45, 2.75) is 32.6 Å². The minimum Gasteiger partial charge on any atom is -0.493 e. The van der Waals surface area contributed by atoms with Crippen LogP contribution < -0.4 is 15.2 Å². The van der Waals surface area contributed by atoms with Gasteiger partial charge in [0.2, 0.25) is 0 Å². The number of methoxy groups -OCH3 is 2. The van der Waals surface area contributed by atoms with E-state index in [1.54, 1.807) is 14.2 Å². The average Bonchev–Trinajstić information content (AvgIpc) is 2.58. The van der Waals surface area contributed by atoms with Crippen molar-refractivity contribution in [3.63, 3.8) is 0 Å². The summed E-state index contributed by atoms with van der Waals surface area (Å²) >= 11 is 0. The summed E-state index contributed by atoms with van der Waals surface area (Å²) in [6.07, 6.45) is 4.35. The Morgan fingerprint density at radius 1 is 1.21 bits per heavy atom. The number of aryl methyl sites for hydroxylation is 1. The molecule has 0 unspecified atom stereocenters. The minimum absolute atomic E-state index is 0. The molecule has 1 aliphatic heterocycles. The number of likely N-dealkylation sites (tertiary alicyclic amines) is 1. The number of rotatable bonds is 6. The lowest BCUT2D eigenvalue weighted by Crippen LogP contribution is -2.42. The molecule has 0 saturated carbocycles. The van der Waals surface area contributed by atoms with Gasteiger partial charge in [-0.05, 0) is 49.3 Å². The van der Waals surface area contributed by atoms with Crippen LogP contribution in [0.1, 0.15) is 31.7 Å². The maximum atomic E-state index is 6.10. The van der Waals surface area contributed by atoms with E-state index in [9.17, 15) is 0 Å². The molecular weight excluding hydrogens is 417 g/mol. The molecule has 0 spiro atoms. The summed E-state index contributed by atoms with van der Waals surface area (Å²) in [5, 5.41) is 0. The maximum absolute atomic E-state index is 6.10. The van der Waals surface area contributed by atoms with Crippen molar-refractivity contribution in [1.82, 2.24) is 4.90 Å². The number of nitrogens with zero attached hydrogens (tertiary/aromatic N) is 2. The van der Waals surface area contributed by atoms with Gasteiger partial charge in [-0.15, -0.1) is 24.0 Å². The molecule has 1 aliphatic rings. The smallest absolute Gasteiger partial charge is 0.191 e. The minimum atomic E-state index is 0. The fourth-order valence-corrected chi connectivity index (χ4v) is 2.85. The molecule has 0 radical (unpaired) electrons. The second-order valence-corrected chi connectivity index (χ2v) is 6.20. The Morgan fingerprint density at radius 3 is 2.50 bits per heavy atom. The van der Waals surface area contributed by atoms with E-state index in [-0.39, 0.29) is 24.0 Å². The molecule has 0 aliphatic carbocycles. The van der Waals surface area contributed by atoms with Crippen molar-refractivity contribution in [1.29, 1.82) is 0 Å². The van der Waals surface area contributed by atoms with Crippen LogP contribution in [0.4, 0.5) is 0 Å². The first kappa shape index (κ1) is 20.9. The highest BCUT2D eigenvalue weighted by atomic mass is 127. The lowest BCUT2D eigenvalue weighted by Gasteiger charge is -2.31. The van der Waals surface area contributed by atoms with Gasteiger partial charge in [0.05, 0.1) is 14.2 Å². The van der Waals surface area contributed by atoms with Crippen molar-refractivity contribution in [2.75, 3.05) is 33.9 Å². The maximum Gasteiger partial charge on any atom is 0.191 e. The van der Waals surface area contributed by atoms with E-state index in [4.69, 9.17) is 15.2 Å². The molecule has 0 aromatic heterocycles. The Bertz CT molecular complexity index is 529. The fourth-order valence-electron chi connectivity index (χ4n) is 2.85. The zero-order valence-electron chi connectivity index (χ0n) is 15.0. The van der Waals surface area contributed by atoms with Gasteiger partial charge < -0.3 is 20.1 Å². The molecular formula is C18H30IN3O2. The van der Waals surface area contributed by atoms with Gasteiger partial charge in [0.25, 0.3) is 0 Å². The molecule has 1 saturated heterocycles. The van der Waals surface area contributed by atoms with Crippen LogP contribution in [-0.4, -0.2) is 44.7 Å². The number of halogens is 1. The monoisotopic (exact) mass is 447 g/mol. The molecule has 0 amide bonds. The number of nitrogens with two attached hydrogens (primary N) is 1. The average molecular weight is 447 g/mol. The second kappa shape index (κ2) is 10.6. The zero-order chi connectivity index (χ0) is 16.7. The summed E-state index contributed by atoms with van der Waals surface area (Å²) < 4.78 is 10.6. The van der Waals surface area contributed by atoms with Crippen LogP contribution in [0.15, 0.2) is 23.2 Å². The van der Waals surface area contributed by atoms with Crippen molar-refractivity contribution < 1.29 is 9.47 Å². The highest BCUT2D eigenvalue weighted by Crippen LogP contribution is 2.27. The normalized spacial score (nSPS) is 15.8. The predicted octanol–water partition coefficient (Wildman–Crippen LogP) is 3.30. The van der Waals surface area contributed by atoms with Gasteiger partial charge in [-0.25, -0.2) is 0 Å². The van der Waals surface area contributed by atoms with Crippen LogP contribution in [0.3, 0.4) is 0 Å². The van der Waals surface area contributed by atoms with Crippen LogP contribution in [-0.2, 0) is 6.42 Å². The van der Waals surface area contributed by atoms with Crippen molar-refractivity contribution in [3.8, 4) is 11.5 Å². The van der Waals surface area contributed by atoms with E-state index < -0.39 is 0 Å². The van der Waals surface area contributed by atoms with Gasteiger partial charge in [0.15, 0.2) is 17.5 Å². The number of guanidine groups is 1. The molecule has 136 valence electrons. The molecule has 6 heteroatoms. The summed E-state index contributed by atoms with van der Waals surface area (Å²) in [4.78, 5) is 6.73. The SMILES string of the molecule is COc1ccc(CCCN=C(N)N2CCC(C)CC2)cc1OC.I. The van der Waals surface area contributed by atoms with Gasteiger partial charge in [-0.1, -0.05) is 13.0 Å². The van der Waals surface area contributed by atoms with E-state index in [1.165, 1.54) is 18.4 Å². The number of hydrogen-bond donors (Lipinski definition) is 1. The van der Waals surface area contributed by atoms with Crippen LogP contribution in [0.5, 0.6) is 11.5 Å².